The molecule has 0 saturated carbocycles. The van der Waals surface area contributed by atoms with Crippen molar-refractivity contribution in [3.8, 4) is 5.75 Å². The van der Waals surface area contributed by atoms with Gasteiger partial charge in [-0.25, -0.2) is 4.79 Å². The summed E-state index contributed by atoms with van der Waals surface area (Å²) >= 11 is 0. The Kier molecular flexibility index (Phi) is 7.56. The largest absolute Gasteiger partial charge is 0.484 e. The highest BCUT2D eigenvalue weighted by Gasteiger charge is 2.14. The Morgan fingerprint density at radius 2 is 1.64 bits per heavy atom. The monoisotopic (exact) mass is 384 g/mol. The second-order valence-electron chi connectivity index (χ2n) is 6.20. The minimum atomic E-state index is -0.413. The molecule has 28 heavy (non-hydrogen) atoms. The van der Waals surface area contributed by atoms with Crippen molar-refractivity contribution in [3.05, 3.63) is 59.7 Å². The number of carbonyl (C=O) groups excluding carboxylic acids is 3. The fourth-order valence-corrected chi connectivity index (χ4v) is 2.30. The van der Waals surface area contributed by atoms with Crippen LogP contribution in [0.15, 0.2) is 48.5 Å². The topological polar surface area (TPSA) is 84.9 Å². The number of nitrogens with zero attached hydrogens (tertiary/aromatic N) is 1. The molecule has 2 aromatic rings. The molecule has 0 spiro atoms. The van der Waals surface area contributed by atoms with E-state index >= 15 is 0 Å². The van der Waals surface area contributed by atoms with Gasteiger partial charge in [0.2, 0.25) is 5.91 Å². The van der Waals surface area contributed by atoms with Gasteiger partial charge >= 0.3 is 5.97 Å². The van der Waals surface area contributed by atoms with Crippen molar-refractivity contribution >= 4 is 23.5 Å². The second-order valence-corrected chi connectivity index (χ2v) is 6.20. The molecule has 0 aromatic heterocycles. The maximum atomic E-state index is 12.2. The van der Waals surface area contributed by atoms with E-state index in [9.17, 15) is 14.4 Å². The first-order valence-corrected chi connectivity index (χ1v) is 8.89. The predicted molar refractivity (Wildman–Crippen MR) is 105 cm³/mol. The van der Waals surface area contributed by atoms with Crippen molar-refractivity contribution in [1.29, 1.82) is 0 Å². The van der Waals surface area contributed by atoms with Gasteiger partial charge in [0.1, 0.15) is 5.75 Å². The Morgan fingerprint density at radius 1 is 1.00 bits per heavy atom. The molecule has 0 aliphatic heterocycles. The highest BCUT2D eigenvalue weighted by molar-refractivity contribution is 5.94. The molecule has 0 atom stereocenters. The molecular formula is C21H24N2O5. The van der Waals surface area contributed by atoms with Gasteiger partial charge in [0.05, 0.1) is 18.7 Å². The molecule has 148 valence electrons. The molecule has 0 radical (unpaired) electrons. The number of anilines is 1. The molecule has 0 aliphatic carbocycles. The lowest BCUT2D eigenvalue weighted by Crippen LogP contribution is -2.37. The number of hydrogen-bond donors (Lipinski definition) is 1. The first-order valence-electron chi connectivity index (χ1n) is 8.89. The summed E-state index contributed by atoms with van der Waals surface area (Å²) in [6.07, 6.45) is 0. The van der Waals surface area contributed by atoms with Crippen molar-refractivity contribution in [2.45, 2.75) is 13.8 Å². The Morgan fingerprint density at radius 3 is 2.25 bits per heavy atom. The molecule has 0 bridgehead atoms. The second kappa shape index (κ2) is 10.1. The number of nitrogens with one attached hydrogen (secondary N) is 1. The summed E-state index contributed by atoms with van der Waals surface area (Å²) in [5, 5.41) is 2.74. The Labute approximate surface area is 164 Å². The third-order valence-electron chi connectivity index (χ3n) is 3.87. The van der Waals surface area contributed by atoms with Gasteiger partial charge in [0, 0.05) is 12.7 Å². The van der Waals surface area contributed by atoms with Gasteiger partial charge in [-0.2, -0.15) is 0 Å². The van der Waals surface area contributed by atoms with Crippen molar-refractivity contribution < 1.29 is 23.9 Å². The molecule has 7 heteroatoms. The molecule has 1 N–H and O–H groups in total. The van der Waals surface area contributed by atoms with Crippen LogP contribution in [0.25, 0.3) is 0 Å². The number of ether oxygens (including phenoxy) is 2. The van der Waals surface area contributed by atoms with Gasteiger partial charge < -0.3 is 19.7 Å². The number of benzene rings is 2. The molecule has 7 nitrogen and oxygen atoms in total. The van der Waals surface area contributed by atoms with Crippen molar-refractivity contribution in [2.24, 2.45) is 0 Å². The van der Waals surface area contributed by atoms with E-state index in [0.29, 0.717) is 23.6 Å². The van der Waals surface area contributed by atoms with E-state index in [0.717, 1.165) is 5.56 Å². The van der Waals surface area contributed by atoms with Gasteiger partial charge in [-0.15, -0.1) is 0 Å². The lowest BCUT2D eigenvalue weighted by molar-refractivity contribution is -0.135. The smallest absolute Gasteiger partial charge is 0.338 e. The van der Waals surface area contributed by atoms with E-state index in [2.05, 4.69) is 5.32 Å². The zero-order chi connectivity index (χ0) is 20.5. The predicted octanol–water partition coefficient (Wildman–Crippen LogP) is 2.65. The minimum absolute atomic E-state index is 0.0855. The average molecular weight is 384 g/mol. The highest BCUT2D eigenvalue weighted by Crippen LogP contribution is 2.13. The molecule has 2 aromatic carbocycles. The number of carbonyl (C=O) groups is 3. The van der Waals surface area contributed by atoms with Crippen LogP contribution in [0.4, 0.5) is 5.69 Å². The molecule has 2 amide bonds. The molecule has 0 heterocycles. The Hall–Kier alpha value is -3.35. The first kappa shape index (κ1) is 21.0. The highest BCUT2D eigenvalue weighted by atomic mass is 16.5. The van der Waals surface area contributed by atoms with Crippen LogP contribution in [0.5, 0.6) is 5.75 Å². The van der Waals surface area contributed by atoms with Gasteiger partial charge in [-0.3, -0.25) is 9.59 Å². The minimum Gasteiger partial charge on any atom is -0.484 e. The van der Waals surface area contributed by atoms with Crippen LogP contribution in [0.1, 0.15) is 22.8 Å². The number of esters is 1. The average Bonchev–Trinajstić information content (AvgIpc) is 2.68. The number of aryl methyl sites for hydroxylation is 1. The number of hydrogen-bond acceptors (Lipinski definition) is 5. The summed E-state index contributed by atoms with van der Waals surface area (Å²) in [6, 6.07) is 13.7. The van der Waals surface area contributed by atoms with Gasteiger partial charge in [0.15, 0.2) is 6.61 Å². The number of amides is 2. The third kappa shape index (κ3) is 6.42. The van der Waals surface area contributed by atoms with Crippen molar-refractivity contribution in [1.82, 2.24) is 4.90 Å². The molecule has 0 saturated heterocycles. The van der Waals surface area contributed by atoms with E-state index in [1.54, 1.807) is 43.3 Å². The SMILES string of the molecule is CCOC(=O)c1ccc(OCC(=O)N(C)CC(=O)Nc2ccc(C)cc2)cc1. The van der Waals surface area contributed by atoms with Crippen LogP contribution >= 0.6 is 0 Å². The summed E-state index contributed by atoms with van der Waals surface area (Å²) in [6.45, 7) is 3.70. The third-order valence-corrected chi connectivity index (χ3v) is 3.87. The maximum Gasteiger partial charge on any atom is 0.338 e. The van der Waals surface area contributed by atoms with E-state index in [1.165, 1.54) is 11.9 Å². The lowest BCUT2D eigenvalue weighted by atomic mass is 10.2. The standard InChI is InChI=1S/C21H24N2O5/c1-4-27-21(26)16-7-11-18(12-8-16)28-14-20(25)23(3)13-19(24)22-17-9-5-15(2)6-10-17/h5-12H,4,13-14H2,1-3H3,(H,22,24). The summed E-state index contributed by atoms with van der Waals surface area (Å²) in [5.74, 6) is -0.602. The van der Waals surface area contributed by atoms with Crippen molar-refractivity contribution in [3.63, 3.8) is 0 Å². The van der Waals surface area contributed by atoms with Crippen LogP contribution in [0.2, 0.25) is 0 Å². The fraction of sp³-hybridized carbons (Fsp3) is 0.286. The molecule has 0 unspecified atom stereocenters. The van der Waals surface area contributed by atoms with E-state index in [1.807, 2.05) is 19.1 Å². The fourth-order valence-electron chi connectivity index (χ4n) is 2.30. The van der Waals surface area contributed by atoms with E-state index < -0.39 is 5.97 Å². The van der Waals surface area contributed by atoms with Crippen molar-refractivity contribution in [2.75, 3.05) is 32.1 Å². The summed E-state index contributed by atoms with van der Waals surface area (Å²) in [5.41, 5.74) is 2.18. The van der Waals surface area contributed by atoms with E-state index in [4.69, 9.17) is 9.47 Å². The summed E-state index contributed by atoms with van der Waals surface area (Å²) < 4.78 is 10.3. The molecule has 2 rings (SSSR count). The summed E-state index contributed by atoms with van der Waals surface area (Å²) in [4.78, 5) is 37.1. The normalized spacial score (nSPS) is 10.1. The first-order chi connectivity index (χ1) is 13.4. The summed E-state index contributed by atoms with van der Waals surface area (Å²) in [7, 11) is 1.53. The Balaban J connectivity index is 1.79. The molecular weight excluding hydrogens is 360 g/mol. The van der Waals surface area contributed by atoms with Crippen LogP contribution in [-0.2, 0) is 14.3 Å². The lowest BCUT2D eigenvalue weighted by Gasteiger charge is -2.17. The van der Waals surface area contributed by atoms with Crippen LogP contribution in [0.3, 0.4) is 0 Å². The van der Waals surface area contributed by atoms with Crippen LogP contribution in [0, 0.1) is 6.92 Å². The molecule has 0 aliphatic rings. The Bertz CT molecular complexity index is 816. The van der Waals surface area contributed by atoms with Crippen LogP contribution < -0.4 is 10.1 Å². The maximum absolute atomic E-state index is 12.2. The van der Waals surface area contributed by atoms with Gasteiger partial charge in [-0.05, 0) is 50.2 Å². The zero-order valence-corrected chi connectivity index (χ0v) is 16.2. The zero-order valence-electron chi connectivity index (χ0n) is 16.2. The number of likely N-dealkylation sites (N-methyl/N-ethyl adjacent to an activating group) is 1. The quantitative estimate of drug-likeness (QED) is 0.708. The van der Waals surface area contributed by atoms with Crippen LogP contribution in [-0.4, -0.2) is 49.5 Å². The number of rotatable bonds is 8. The van der Waals surface area contributed by atoms with Gasteiger partial charge in [-0.1, -0.05) is 17.7 Å². The van der Waals surface area contributed by atoms with Gasteiger partial charge in [0.25, 0.3) is 5.91 Å². The van der Waals surface area contributed by atoms with E-state index in [-0.39, 0.29) is 25.0 Å². The molecule has 0 fully saturated rings.